The molecule has 16 heavy (non-hydrogen) atoms. The Balaban J connectivity index is 2.80. The van der Waals surface area contributed by atoms with E-state index in [-0.39, 0.29) is 11.8 Å². The Kier molecular flexibility index (Phi) is 4.52. The first kappa shape index (κ1) is 13.7. The van der Waals surface area contributed by atoms with E-state index in [2.05, 4.69) is 15.9 Å². The molecule has 0 amide bonds. The fraction of sp³-hybridized carbons (Fsp3) is 0.455. The second-order valence-electron chi connectivity index (χ2n) is 4.05. The topological polar surface area (TPSA) is 60.2 Å². The molecule has 0 aromatic heterocycles. The number of rotatable bonds is 4. The van der Waals surface area contributed by atoms with E-state index in [1.807, 2.05) is 25.1 Å². The van der Waals surface area contributed by atoms with Crippen LogP contribution in [0.5, 0.6) is 0 Å². The Morgan fingerprint density at radius 2 is 2.06 bits per heavy atom. The third-order valence-electron chi connectivity index (χ3n) is 2.35. The van der Waals surface area contributed by atoms with Crippen molar-refractivity contribution < 1.29 is 8.42 Å². The molecule has 1 aromatic rings. The molecule has 0 spiro atoms. The number of hydrogen-bond donors (Lipinski definition) is 1. The minimum absolute atomic E-state index is 0.120. The van der Waals surface area contributed by atoms with Crippen LogP contribution in [0.4, 0.5) is 0 Å². The van der Waals surface area contributed by atoms with Crippen molar-refractivity contribution in [3.63, 3.8) is 0 Å². The lowest BCUT2D eigenvalue weighted by atomic mass is 10.0. The largest absolute Gasteiger partial charge is 0.324 e. The maximum atomic E-state index is 11.1. The van der Waals surface area contributed by atoms with Gasteiger partial charge >= 0.3 is 0 Å². The van der Waals surface area contributed by atoms with Gasteiger partial charge in [-0.25, -0.2) is 8.42 Å². The highest BCUT2D eigenvalue weighted by Crippen LogP contribution is 2.25. The van der Waals surface area contributed by atoms with E-state index in [4.69, 9.17) is 5.73 Å². The van der Waals surface area contributed by atoms with Crippen LogP contribution in [-0.2, 0) is 9.84 Å². The van der Waals surface area contributed by atoms with Crippen LogP contribution in [0.3, 0.4) is 0 Å². The molecule has 0 saturated carbocycles. The minimum Gasteiger partial charge on any atom is -0.324 e. The Bertz CT molecular complexity index is 471. The van der Waals surface area contributed by atoms with Crippen molar-refractivity contribution in [1.29, 1.82) is 0 Å². The number of sulfone groups is 1. The van der Waals surface area contributed by atoms with E-state index in [9.17, 15) is 8.42 Å². The van der Waals surface area contributed by atoms with Gasteiger partial charge in [0.15, 0.2) is 0 Å². The summed E-state index contributed by atoms with van der Waals surface area (Å²) in [6, 6.07) is 5.66. The predicted molar refractivity (Wildman–Crippen MR) is 70.1 cm³/mol. The molecule has 1 unspecified atom stereocenters. The molecule has 0 bridgehead atoms. The first-order valence-electron chi connectivity index (χ1n) is 4.99. The van der Waals surface area contributed by atoms with Crippen LogP contribution < -0.4 is 5.73 Å². The summed E-state index contributed by atoms with van der Waals surface area (Å²) in [4.78, 5) is 0. The summed E-state index contributed by atoms with van der Waals surface area (Å²) in [5.74, 6) is 0.120. The molecule has 1 aromatic carbocycles. The quantitative estimate of drug-likeness (QED) is 0.927. The highest BCUT2D eigenvalue weighted by molar-refractivity contribution is 9.10. The van der Waals surface area contributed by atoms with Crippen molar-refractivity contribution >= 4 is 25.8 Å². The Labute approximate surface area is 105 Å². The zero-order valence-electron chi connectivity index (χ0n) is 9.40. The number of aryl methyl sites for hydroxylation is 1. The van der Waals surface area contributed by atoms with Crippen LogP contribution in [0.1, 0.15) is 23.6 Å². The van der Waals surface area contributed by atoms with Gasteiger partial charge in [0.2, 0.25) is 0 Å². The summed E-state index contributed by atoms with van der Waals surface area (Å²) in [5.41, 5.74) is 8.06. The lowest BCUT2D eigenvalue weighted by molar-refractivity contribution is 0.591. The highest BCUT2D eigenvalue weighted by atomic mass is 79.9. The second kappa shape index (κ2) is 5.29. The monoisotopic (exact) mass is 305 g/mol. The highest BCUT2D eigenvalue weighted by Gasteiger charge is 2.12. The lowest BCUT2D eigenvalue weighted by Crippen LogP contribution is -2.16. The number of benzene rings is 1. The molecular formula is C11H16BrNO2S. The maximum absolute atomic E-state index is 11.1. The summed E-state index contributed by atoms with van der Waals surface area (Å²) >= 11 is 3.42. The fourth-order valence-electron chi connectivity index (χ4n) is 1.44. The molecule has 3 nitrogen and oxygen atoms in total. The molecule has 0 aliphatic carbocycles. The SMILES string of the molecule is Cc1ccc(Br)c(C(N)CCS(C)(=O)=O)c1. The van der Waals surface area contributed by atoms with Gasteiger partial charge in [-0.1, -0.05) is 33.6 Å². The second-order valence-corrected chi connectivity index (χ2v) is 7.16. The zero-order chi connectivity index (χ0) is 12.3. The van der Waals surface area contributed by atoms with Gasteiger partial charge < -0.3 is 5.73 Å². The van der Waals surface area contributed by atoms with Crippen LogP contribution >= 0.6 is 15.9 Å². The Morgan fingerprint density at radius 1 is 1.44 bits per heavy atom. The standard InChI is InChI=1S/C11H16BrNO2S/c1-8-3-4-10(12)9(7-8)11(13)5-6-16(2,14)15/h3-4,7,11H,5-6,13H2,1-2H3. The lowest BCUT2D eigenvalue weighted by Gasteiger charge is -2.14. The minimum atomic E-state index is -2.95. The normalized spacial score (nSPS) is 13.8. The smallest absolute Gasteiger partial charge is 0.147 e. The van der Waals surface area contributed by atoms with Crippen molar-refractivity contribution in [3.05, 3.63) is 33.8 Å². The van der Waals surface area contributed by atoms with Crippen LogP contribution in [-0.4, -0.2) is 20.4 Å². The van der Waals surface area contributed by atoms with Crippen molar-refractivity contribution in [2.24, 2.45) is 5.73 Å². The number of halogens is 1. The van der Waals surface area contributed by atoms with E-state index >= 15 is 0 Å². The number of nitrogens with two attached hydrogens (primary N) is 1. The van der Waals surface area contributed by atoms with Crippen LogP contribution in [0, 0.1) is 6.92 Å². The van der Waals surface area contributed by atoms with E-state index < -0.39 is 9.84 Å². The van der Waals surface area contributed by atoms with Gasteiger partial charge in [0.25, 0.3) is 0 Å². The molecule has 0 aliphatic rings. The summed E-state index contributed by atoms with van der Waals surface area (Å²) in [6.07, 6.45) is 1.67. The molecular weight excluding hydrogens is 290 g/mol. The molecule has 0 radical (unpaired) electrons. The van der Waals surface area contributed by atoms with E-state index in [0.717, 1.165) is 15.6 Å². The van der Waals surface area contributed by atoms with Crippen molar-refractivity contribution in [3.8, 4) is 0 Å². The van der Waals surface area contributed by atoms with Gasteiger partial charge in [0.1, 0.15) is 9.84 Å². The molecule has 1 rings (SSSR count). The molecule has 0 aliphatic heterocycles. The van der Waals surface area contributed by atoms with Crippen LogP contribution in [0.15, 0.2) is 22.7 Å². The fourth-order valence-corrected chi connectivity index (χ4v) is 2.67. The van der Waals surface area contributed by atoms with Gasteiger partial charge in [0, 0.05) is 16.8 Å². The zero-order valence-corrected chi connectivity index (χ0v) is 11.8. The van der Waals surface area contributed by atoms with Crippen molar-refractivity contribution in [2.45, 2.75) is 19.4 Å². The molecule has 0 heterocycles. The molecule has 0 fully saturated rings. The number of hydrogen-bond acceptors (Lipinski definition) is 3. The van der Waals surface area contributed by atoms with Gasteiger partial charge in [-0.15, -0.1) is 0 Å². The summed E-state index contributed by atoms with van der Waals surface area (Å²) in [7, 11) is -2.95. The maximum Gasteiger partial charge on any atom is 0.147 e. The predicted octanol–water partition coefficient (Wildman–Crippen LogP) is 2.19. The summed E-state index contributed by atoms with van der Waals surface area (Å²) < 4.78 is 23.0. The van der Waals surface area contributed by atoms with Crippen molar-refractivity contribution in [1.82, 2.24) is 0 Å². The Hall–Kier alpha value is -0.390. The van der Waals surface area contributed by atoms with Gasteiger partial charge in [-0.2, -0.15) is 0 Å². The van der Waals surface area contributed by atoms with Crippen molar-refractivity contribution in [2.75, 3.05) is 12.0 Å². The van der Waals surface area contributed by atoms with E-state index in [1.165, 1.54) is 6.26 Å². The summed E-state index contributed by atoms with van der Waals surface area (Å²) in [5, 5.41) is 0. The van der Waals surface area contributed by atoms with Gasteiger partial charge in [-0.3, -0.25) is 0 Å². The third-order valence-corrected chi connectivity index (χ3v) is 4.05. The van der Waals surface area contributed by atoms with Crippen LogP contribution in [0.25, 0.3) is 0 Å². The Morgan fingerprint density at radius 3 is 2.62 bits per heavy atom. The molecule has 2 N–H and O–H groups in total. The first-order chi connectivity index (χ1) is 7.29. The van der Waals surface area contributed by atoms with E-state index in [1.54, 1.807) is 0 Å². The summed E-state index contributed by atoms with van der Waals surface area (Å²) in [6.45, 7) is 1.99. The van der Waals surface area contributed by atoms with Gasteiger partial charge in [0.05, 0.1) is 5.75 Å². The molecule has 5 heteroatoms. The van der Waals surface area contributed by atoms with Crippen LogP contribution in [0.2, 0.25) is 0 Å². The third kappa shape index (κ3) is 4.23. The van der Waals surface area contributed by atoms with Gasteiger partial charge in [-0.05, 0) is 25.0 Å². The first-order valence-corrected chi connectivity index (χ1v) is 7.84. The molecule has 90 valence electrons. The van der Waals surface area contributed by atoms with E-state index in [0.29, 0.717) is 6.42 Å². The average molecular weight is 306 g/mol. The molecule has 0 saturated heterocycles. The average Bonchev–Trinajstić information content (AvgIpc) is 2.17. The molecule has 1 atom stereocenters.